The molecule has 0 saturated carbocycles. The van der Waals surface area contributed by atoms with Crippen LogP contribution in [-0.2, 0) is 16.1 Å². The molecule has 1 amide bonds. The van der Waals surface area contributed by atoms with E-state index in [4.69, 9.17) is 10.5 Å². The number of carbonyl (C=O) groups is 2. The molecule has 1 fully saturated rings. The van der Waals surface area contributed by atoms with Crippen LogP contribution in [0.3, 0.4) is 0 Å². The fraction of sp³-hybridized carbons (Fsp3) is 0.222. The van der Waals surface area contributed by atoms with Gasteiger partial charge in [0.15, 0.2) is 0 Å². The third-order valence-electron chi connectivity index (χ3n) is 3.93. The summed E-state index contributed by atoms with van der Waals surface area (Å²) in [7, 11) is 0. The summed E-state index contributed by atoms with van der Waals surface area (Å²) in [4.78, 5) is 25.2. The van der Waals surface area contributed by atoms with Crippen LogP contribution in [-0.4, -0.2) is 24.5 Å². The van der Waals surface area contributed by atoms with Crippen molar-refractivity contribution in [2.24, 2.45) is 5.73 Å². The van der Waals surface area contributed by atoms with Crippen molar-refractivity contribution in [2.45, 2.75) is 19.1 Å². The Balaban J connectivity index is 1.70. The molecule has 1 aliphatic rings. The van der Waals surface area contributed by atoms with Gasteiger partial charge in [-0.05, 0) is 30.2 Å². The first-order valence-electron chi connectivity index (χ1n) is 7.64. The summed E-state index contributed by atoms with van der Waals surface area (Å²) in [5.41, 5.74) is 6.72. The molecule has 2 aromatic carbocycles. The van der Waals surface area contributed by atoms with Gasteiger partial charge in [-0.15, -0.1) is 0 Å². The van der Waals surface area contributed by atoms with Crippen LogP contribution in [0.15, 0.2) is 48.5 Å². The van der Waals surface area contributed by atoms with E-state index >= 15 is 0 Å². The van der Waals surface area contributed by atoms with E-state index in [0.29, 0.717) is 13.0 Å². The van der Waals surface area contributed by atoms with Crippen LogP contribution in [0.25, 0.3) is 0 Å². The normalized spacial score (nSPS) is 17.2. The van der Waals surface area contributed by atoms with Gasteiger partial charge in [-0.25, -0.2) is 9.18 Å². The Kier molecular flexibility index (Phi) is 4.57. The number of hydrogen-bond acceptors (Lipinski definition) is 4. The van der Waals surface area contributed by atoms with E-state index in [1.54, 1.807) is 0 Å². The topological polar surface area (TPSA) is 72.6 Å². The lowest BCUT2D eigenvalue weighted by atomic mass is 10.2. The molecule has 5 nitrogen and oxygen atoms in total. The zero-order valence-electron chi connectivity index (χ0n) is 12.9. The molecule has 1 saturated heterocycles. The van der Waals surface area contributed by atoms with Gasteiger partial charge in [0.05, 0.1) is 17.3 Å². The molecule has 1 atom stereocenters. The minimum atomic E-state index is -0.647. The standard InChI is InChI=1S/C18H17FN2O3/c19-14-10-13(18(23)24-11-12-4-2-1-3-5-12)6-7-16(14)21-9-8-15(20)17(21)22/h1-7,10,15H,8-9,11,20H2/t15-/m0/s1. The van der Waals surface area contributed by atoms with Crippen LogP contribution in [0.5, 0.6) is 0 Å². The lowest BCUT2D eigenvalue weighted by Crippen LogP contribution is -2.34. The molecule has 124 valence electrons. The molecule has 3 rings (SSSR count). The van der Waals surface area contributed by atoms with E-state index in [1.165, 1.54) is 17.0 Å². The summed E-state index contributed by atoms with van der Waals surface area (Å²) in [6.45, 7) is 0.483. The number of nitrogens with zero attached hydrogens (tertiary/aromatic N) is 1. The Bertz CT molecular complexity index is 764. The van der Waals surface area contributed by atoms with Crippen molar-refractivity contribution in [3.63, 3.8) is 0 Å². The highest BCUT2D eigenvalue weighted by atomic mass is 19.1. The maximum absolute atomic E-state index is 14.3. The minimum absolute atomic E-state index is 0.100. The Labute approximate surface area is 138 Å². The molecule has 0 aromatic heterocycles. The Morgan fingerprint density at radius 2 is 2.00 bits per heavy atom. The molecule has 6 heteroatoms. The summed E-state index contributed by atoms with van der Waals surface area (Å²) in [5.74, 6) is -1.58. The second-order valence-electron chi connectivity index (χ2n) is 5.61. The predicted molar refractivity (Wildman–Crippen MR) is 86.9 cm³/mol. The van der Waals surface area contributed by atoms with Gasteiger partial charge in [0.1, 0.15) is 12.4 Å². The third kappa shape index (κ3) is 3.28. The molecule has 0 spiro atoms. The summed E-state index contributed by atoms with van der Waals surface area (Å²) in [6, 6.07) is 12.6. The van der Waals surface area contributed by atoms with Gasteiger partial charge in [-0.3, -0.25) is 4.79 Å². The van der Waals surface area contributed by atoms with E-state index in [0.717, 1.165) is 11.6 Å². The van der Waals surface area contributed by atoms with Crippen LogP contribution >= 0.6 is 0 Å². The zero-order valence-corrected chi connectivity index (χ0v) is 12.9. The number of nitrogens with two attached hydrogens (primary N) is 1. The minimum Gasteiger partial charge on any atom is -0.457 e. The Hall–Kier alpha value is -2.73. The number of ether oxygens (including phenoxy) is 1. The van der Waals surface area contributed by atoms with Gasteiger partial charge in [0, 0.05) is 6.54 Å². The Morgan fingerprint density at radius 1 is 1.25 bits per heavy atom. The first-order chi connectivity index (χ1) is 11.6. The second-order valence-corrected chi connectivity index (χ2v) is 5.61. The van der Waals surface area contributed by atoms with Crippen LogP contribution in [0.4, 0.5) is 10.1 Å². The van der Waals surface area contributed by atoms with Gasteiger partial charge in [-0.2, -0.15) is 0 Å². The van der Waals surface area contributed by atoms with Crippen molar-refractivity contribution >= 4 is 17.6 Å². The SMILES string of the molecule is N[C@H]1CCN(c2ccc(C(=O)OCc3ccccc3)cc2F)C1=O. The number of esters is 1. The van der Waals surface area contributed by atoms with Gasteiger partial charge in [-0.1, -0.05) is 30.3 Å². The first-order valence-corrected chi connectivity index (χ1v) is 7.64. The summed E-state index contributed by atoms with van der Waals surface area (Å²) < 4.78 is 19.4. The van der Waals surface area contributed by atoms with E-state index < -0.39 is 17.8 Å². The summed E-state index contributed by atoms with van der Waals surface area (Å²) >= 11 is 0. The van der Waals surface area contributed by atoms with Crippen molar-refractivity contribution in [2.75, 3.05) is 11.4 Å². The van der Waals surface area contributed by atoms with E-state index in [2.05, 4.69) is 0 Å². The lowest BCUT2D eigenvalue weighted by Gasteiger charge is -2.17. The van der Waals surface area contributed by atoms with Gasteiger partial charge < -0.3 is 15.4 Å². The molecule has 2 aromatic rings. The lowest BCUT2D eigenvalue weighted by molar-refractivity contribution is -0.118. The first kappa shape index (κ1) is 16.1. The predicted octanol–water partition coefficient (Wildman–Crippen LogP) is 2.25. The highest BCUT2D eigenvalue weighted by Crippen LogP contribution is 2.25. The molecule has 1 heterocycles. The summed E-state index contributed by atoms with van der Waals surface area (Å²) in [6.07, 6.45) is 0.485. The van der Waals surface area contributed by atoms with Crippen LogP contribution in [0, 0.1) is 5.82 Å². The molecule has 0 unspecified atom stereocenters. The van der Waals surface area contributed by atoms with Crippen molar-refractivity contribution in [3.05, 3.63) is 65.5 Å². The number of benzene rings is 2. The van der Waals surface area contributed by atoms with Crippen LogP contribution < -0.4 is 10.6 Å². The zero-order chi connectivity index (χ0) is 17.1. The molecular formula is C18H17FN2O3. The quantitative estimate of drug-likeness (QED) is 0.874. The Morgan fingerprint density at radius 3 is 2.62 bits per heavy atom. The van der Waals surface area contributed by atoms with E-state index in [1.807, 2.05) is 30.3 Å². The van der Waals surface area contributed by atoms with Crippen molar-refractivity contribution < 1.29 is 18.7 Å². The number of halogens is 1. The number of rotatable bonds is 4. The van der Waals surface area contributed by atoms with Crippen LogP contribution in [0.1, 0.15) is 22.3 Å². The van der Waals surface area contributed by atoms with Gasteiger partial charge in [0.25, 0.3) is 0 Å². The average molecular weight is 328 g/mol. The number of hydrogen-bond donors (Lipinski definition) is 1. The third-order valence-corrected chi connectivity index (χ3v) is 3.93. The molecule has 2 N–H and O–H groups in total. The average Bonchev–Trinajstić information content (AvgIpc) is 2.93. The molecule has 0 aliphatic carbocycles. The largest absolute Gasteiger partial charge is 0.457 e. The molecule has 0 radical (unpaired) electrons. The van der Waals surface area contributed by atoms with Crippen LogP contribution in [0.2, 0.25) is 0 Å². The highest BCUT2D eigenvalue weighted by Gasteiger charge is 2.31. The van der Waals surface area contributed by atoms with Crippen molar-refractivity contribution in [1.82, 2.24) is 0 Å². The monoisotopic (exact) mass is 328 g/mol. The maximum Gasteiger partial charge on any atom is 0.338 e. The molecule has 1 aliphatic heterocycles. The van der Waals surface area contributed by atoms with Crippen molar-refractivity contribution in [1.29, 1.82) is 0 Å². The van der Waals surface area contributed by atoms with Gasteiger partial charge >= 0.3 is 5.97 Å². The fourth-order valence-electron chi connectivity index (χ4n) is 2.60. The second kappa shape index (κ2) is 6.80. The highest BCUT2D eigenvalue weighted by molar-refractivity contribution is 6.00. The maximum atomic E-state index is 14.3. The fourth-order valence-corrected chi connectivity index (χ4v) is 2.60. The number of anilines is 1. The number of amides is 1. The molecular weight excluding hydrogens is 311 g/mol. The smallest absolute Gasteiger partial charge is 0.338 e. The summed E-state index contributed by atoms with van der Waals surface area (Å²) in [5, 5.41) is 0. The van der Waals surface area contributed by atoms with Crippen molar-refractivity contribution in [3.8, 4) is 0 Å². The van der Waals surface area contributed by atoms with E-state index in [-0.39, 0.29) is 23.8 Å². The molecule has 0 bridgehead atoms. The van der Waals surface area contributed by atoms with E-state index in [9.17, 15) is 14.0 Å². The van der Waals surface area contributed by atoms with Gasteiger partial charge in [0.2, 0.25) is 5.91 Å². The molecule has 24 heavy (non-hydrogen) atoms. The number of carbonyl (C=O) groups excluding carboxylic acids is 2.